The van der Waals surface area contributed by atoms with Gasteiger partial charge in [0.15, 0.2) is 0 Å². The SMILES string of the molecule is O=[N+]([O-])c1c(NCc2ccn3ccnc3c2)nc2ccccn12. The van der Waals surface area contributed by atoms with Gasteiger partial charge in [-0.3, -0.25) is 0 Å². The second-order valence-electron chi connectivity index (χ2n) is 5.05. The molecule has 8 nitrogen and oxygen atoms in total. The van der Waals surface area contributed by atoms with Gasteiger partial charge in [-0.1, -0.05) is 6.07 Å². The molecular formula is C15H12N6O2. The molecule has 0 atom stereocenters. The van der Waals surface area contributed by atoms with Gasteiger partial charge in [0.1, 0.15) is 5.65 Å². The maximum atomic E-state index is 11.3. The second kappa shape index (κ2) is 5.09. The first-order valence-electron chi connectivity index (χ1n) is 6.99. The van der Waals surface area contributed by atoms with Crippen LogP contribution in [0.25, 0.3) is 11.3 Å². The molecule has 0 saturated heterocycles. The molecule has 0 saturated carbocycles. The number of imidazole rings is 2. The molecule has 0 fully saturated rings. The van der Waals surface area contributed by atoms with Crippen LogP contribution in [0.15, 0.2) is 55.1 Å². The average molecular weight is 308 g/mol. The summed E-state index contributed by atoms with van der Waals surface area (Å²) in [5, 5.41) is 14.4. The van der Waals surface area contributed by atoms with Crippen molar-refractivity contribution in [2.45, 2.75) is 6.54 Å². The number of nitrogens with one attached hydrogen (secondary N) is 1. The molecule has 0 bridgehead atoms. The third-order valence-corrected chi connectivity index (χ3v) is 3.60. The molecule has 0 aliphatic rings. The molecule has 4 rings (SSSR count). The van der Waals surface area contributed by atoms with Crippen LogP contribution in [-0.2, 0) is 6.54 Å². The van der Waals surface area contributed by atoms with Crippen LogP contribution in [0.2, 0.25) is 0 Å². The fourth-order valence-electron chi connectivity index (χ4n) is 2.52. The third-order valence-electron chi connectivity index (χ3n) is 3.60. The molecule has 8 heteroatoms. The van der Waals surface area contributed by atoms with Gasteiger partial charge in [-0.15, -0.1) is 0 Å². The van der Waals surface area contributed by atoms with E-state index >= 15 is 0 Å². The minimum absolute atomic E-state index is 0.0671. The Morgan fingerprint density at radius 1 is 1.17 bits per heavy atom. The number of nitro groups is 1. The van der Waals surface area contributed by atoms with Crippen molar-refractivity contribution in [2.24, 2.45) is 0 Å². The minimum Gasteiger partial charge on any atom is -0.359 e. The first-order chi connectivity index (χ1) is 11.2. The lowest BCUT2D eigenvalue weighted by atomic mass is 10.2. The molecule has 4 heterocycles. The molecule has 0 aliphatic heterocycles. The Morgan fingerprint density at radius 2 is 2.09 bits per heavy atom. The van der Waals surface area contributed by atoms with Crippen LogP contribution in [0, 0.1) is 10.1 Å². The molecule has 23 heavy (non-hydrogen) atoms. The summed E-state index contributed by atoms with van der Waals surface area (Å²) >= 11 is 0. The van der Waals surface area contributed by atoms with E-state index in [1.807, 2.05) is 28.9 Å². The summed E-state index contributed by atoms with van der Waals surface area (Å²) in [5.41, 5.74) is 2.33. The van der Waals surface area contributed by atoms with E-state index in [1.54, 1.807) is 30.6 Å². The Labute approximate surface area is 130 Å². The summed E-state index contributed by atoms with van der Waals surface area (Å²) in [7, 11) is 0. The number of pyridine rings is 2. The Kier molecular flexibility index (Phi) is 2.94. The summed E-state index contributed by atoms with van der Waals surface area (Å²) in [6, 6.07) is 9.12. The van der Waals surface area contributed by atoms with E-state index in [-0.39, 0.29) is 11.6 Å². The van der Waals surface area contributed by atoms with Gasteiger partial charge in [-0.25, -0.2) is 4.98 Å². The van der Waals surface area contributed by atoms with Gasteiger partial charge in [-0.05, 0) is 28.7 Å². The number of nitrogens with zero attached hydrogens (tertiary/aromatic N) is 5. The molecule has 0 aliphatic carbocycles. The van der Waals surface area contributed by atoms with Crippen molar-refractivity contribution < 1.29 is 4.92 Å². The van der Waals surface area contributed by atoms with E-state index in [9.17, 15) is 10.1 Å². The van der Waals surface area contributed by atoms with Crippen molar-refractivity contribution in [3.8, 4) is 0 Å². The van der Waals surface area contributed by atoms with Crippen molar-refractivity contribution in [3.63, 3.8) is 0 Å². The smallest absolute Gasteiger partial charge is 0.359 e. The van der Waals surface area contributed by atoms with Crippen LogP contribution < -0.4 is 5.32 Å². The summed E-state index contributed by atoms with van der Waals surface area (Å²) in [6.07, 6.45) is 7.11. The summed E-state index contributed by atoms with van der Waals surface area (Å²) in [5.74, 6) is 0.187. The lowest BCUT2D eigenvalue weighted by Gasteiger charge is -2.04. The maximum Gasteiger partial charge on any atom is 0.372 e. The van der Waals surface area contributed by atoms with Gasteiger partial charge in [0.05, 0.1) is 6.20 Å². The number of aromatic nitrogens is 4. The summed E-state index contributed by atoms with van der Waals surface area (Å²) < 4.78 is 3.36. The topological polar surface area (TPSA) is 89.8 Å². The molecule has 4 aromatic heterocycles. The number of hydrogen-bond donors (Lipinski definition) is 1. The number of rotatable bonds is 4. The summed E-state index contributed by atoms with van der Waals surface area (Å²) in [4.78, 5) is 19.4. The Morgan fingerprint density at radius 3 is 2.96 bits per heavy atom. The normalized spacial score (nSPS) is 11.1. The van der Waals surface area contributed by atoms with Crippen LogP contribution in [0.5, 0.6) is 0 Å². The van der Waals surface area contributed by atoms with Gasteiger partial charge in [-0.2, -0.15) is 9.38 Å². The van der Waals surface area contributed by atoms with E-state index < -0.39 is 4.92 Å². The molecule has 0 radical (unpaired) electrons. The van der Waals surface area contributed by atoms with Crippen molar-refractivity contribution >= 4 is 22.9 Å². The molecule has 0 unspecified atom stereocenters. The van der Waals surface area contributed by atoms with E-state index in [1.165, 1.54) is 4.40 Å². The standard InChI is InChI=1S/C15H12N6O2/c22-21(23)15-14(18-12-3-1-2-6-20(12)15)17-10-11-4-7-19-8-5-16-13(19)9-11/h1-9,17H,10H2. The first kappa shape index (κ1) is 13.3. The fourth-order valence-corrected chi connectivity index (χ4v) is 2.52. The van der Waals surface area contributed by atoms with Crippen LogP contribution in [-0.4, -0.2) is 23.7 Å². The lowest BCUT2D eigenvalue weighted by molar-refractivity contribution is -0.389. The molecule has 114 valence electrons. The highest BCUT2D eigenvalue weighted by Gasteiger charge is 2.21. The monoisotopic (exact) mass is 308 g/mol. The Balaban J connectivity index is 1.66. The van der Waals surface area contributed by atoms with E-state index in [0.29, 0.717) is 12.2 Å². The van der Waals surface area contributed by atoms with Crippen LogP contribution in [0.4, 0.5) is 11.6 Å². The maximum absolute atomic E-state index is 11.3. The molecule has 0 spiro atoms. The number of anilines is 1. The zero-order chi connectivity index (χ0) is 15.8. The Hall–Kier alpha value is -3.42. The predicted molar refractivity (Wildman–Crippen MR) is 84.4 cm³/mol. The van der Waals surface area contributed by atoms with E-state index in [2.05, 4.69) is 15.3 Å². The highest BCUT2D eigenvalue weighted by atomic mass is 16.6. The largest absolute Gasteiger partial charge is 0.372 e. The van der Waals surface area contributed by atoms with Gasteiger partial charge in [0.2, 0.25) is 11.5 Å². The van der Waals surface area contributed by atoms with E-state index in [4.69, 9.17) is 0 Å². The first-order valence-corrected chi connectivity index (χ1v) is 6.99. The molecule has 4 aromatic rings. The van der Waals surface area contributed by atoms with Crippen LogP contribution >= 0.6 is 0 Å². The van der Waals surface area contributed by atoms with Gasteiger partial charge in [0, 0.05) is 31.2 Å². The highest BCUT2D eigenvalue weighted by Crippen LogP contribution is 2.25. The average Bonchev–Trinajstić information content (AvgIpc) is 3.16. The predicted octanol–water partition coefficient (Wildman–Crippen LogP) is 2.50. The van der Waals surface area contributed by atoms with Gasteiger partial charge >= 0.3 is 5.82 Å². The fraction of sp³-hybridized carbons (Fsp3) is 0.0667. The molecule has 0 amide bonds. The van der Waals surface area contributed by atoms with Crippen LogP contribution in [0.1, 0.15) is 5.56 Å². The van der Waals surface area contributed by atoms with Crippen molar-refractivity contribution in [2.75, 3.05) is 5.32 Å². The Bertz CT molecular complexity index is 1020. The third kappa shape index (κ3) is 2.26. The van der Waals surface area contributed by atoms with Crippen molar-refractivity contribution in [1.82, 2.24) is 18.8 Å². The van der Waals surface area contributed by atoms with Gasteiger partial charge in [0.25, 0.3) is 0 Å². The van der Waals surface area contributed by atoms with Crippen molar-refractivity contribution in [1.29, 1.82) is 0 Å². The van der Waals surface area contributed by atoms with Crippen molar-refractivity contribution in [3.05, 3.63) is 70.8 Å². The molecule has 0 aromatic carbocycles. The second-order valence-corrected chi connectivity index (χ2v) is 5.05. The molecular weight excluding hydrogens is 296 g/mol. The van der Waals surface area contributed by atoms with Gasteiger partial charge < -0.3 is 19.8 Å². The lowest BCUT2D eigenvalue weighted by Crippen LogP contribution is -2.03. The molecule has 1 N–H and O–H groups in total. The van der Waals surface area contributed by atoms with Crippen LogP contribution in [0.3, 0.4) is 0 Å². The number of hydrogen-bond acceptors (Lipinski definition) is 5. The zero-order valence-corrected chi connectivity index (χ0v) is 12.0. The zero-order valence-electron chi connectivity index (χ0n) is 12.0. The minimum atomic E-state index is -0.430. The number of fused-ring (bicyclic) bond motifs is 2. The quantitative estimate of drug-likeness (QED) is 0.462. The highest BCUT2D eigenvalue weighted by molar-refractivity contribution is 5.62. The summed E-state index contributed by atoms with van der Waals surface area (Å²) in [6.45, 7) is 0.425. The van der Waals surface area contributed by atoms with E-state index in [0.717, 1.165) is 11.2 Å².